The van der Waals surface area contributed by atoms with Crippen LogP contribution in [-0.4, -0.2) is 50.4 Å². The largest absolute Gasteiger partial charge is 0.507 e. The molecule has 0 amide bonds. The smallest absolute Gasteiger partial charge is 0.131 e. The van der Waals surface area contributed by atoms with Gasteiger partial charge in [-0.05, 0) is 6.42 Å². The molecule has 1 fully saturated rings. The molecule has 0 unspecified atom stereocenters. The van der Waals surface area contributed by atoms with Crippen molar-refractivity contribution in [3.63, 3.8) is 0 Å². The summed E-state index contributed by atoms with van der Waals surface area (Å²) < 4.78 is 10.7. The first-order valence-corrected chi connectivity index (χ1v) is 7.60. The van der Waals surface area contributed by atoms with Gasteiger partial charge in [-0.1, -0.05) is 13.3 Å². The van der Waals surface area contributed by atoms with Crippen LogP contribution in [0.2, 0.25) is 0 Å². The van der Waals surface area contributed by atoms with E-state index in [2.05, 4.69) is 17.1 Å². The quantitative estimate of drug-likeness (QED) is 0.810. The van der Waals surface area contributed by atoms with E-state index in [0.29, 0.717) is 11.5 Å². The van der Waals surface area contributed by atoms with E-state index in [4.69, 9.17) is 9.47 Å². The molecule has 1 heterocycles. The van der Waals surface area contributed by atoms with Gasteiger partial charge in [0.25, 0.3) is 0 Å². The highest BCUT2D eigenvalue weighted by atomic mass is 35.5. The van der Waals surface area contributed by atoms with Crippen LogP contribution >= 0.6 is 24.8 Å². The molecule has 0 bridgehead atoms. The zero-order valence-electron chi connectivity index (χ0n) is 14.0. The monoisotopic (exact) mass is 366 g/mol. The van der Waals surface area contributed by atoms with Crippen molar-refractivity contribution < 1.29 is 14.6 Å². The van der Waals surface area contributed by atoms with Gasteiger partial charge in [0.05, 0.1) is 19.8 Å². The summed E-state index contributed by atoms with van der Waals surface area (Å²) in [5.74, 6) is 1.57. The van der Waals surface area contributed by atoms with Crippen molar-refractivity contribution in [1.29, 1.82) is 0 Å². The summed E-state index contributed by atoms with van der Waals surface area (Å²) in [7, 11) is 3.23. The fraction of sp³-hybridized carbons (Fsp3) is 0.625. The molecule has 1 aromatic rings. The summed E-state index contributed by atoms with van der Waals surface area (Å²) in [5.41, 5.74) is 0.877. The molecule has 2 rings (SSSR count). The number of phenolic OH excluding ortho intramolecular Hbond substituents is 1. The molecule has 0 spiro atoms. The molecule has 5 nitrogen and oxygen atoms in total. The van der Waals surface area contributed by atoms with Crippen LogP contribution in [-0.2, 0) is 0 Å². The predicted molar refractivity (Wildman–Crippen MR) is 97.8 cm³/mol. The maximum Gasteiger partial charge on any atom is 0.131 e. The highest BCUT2D eigenvalue weighted by Gasteiger charge is 2.27. The van der Waals surface area contributed by atoms with Crippen molar-refractivity contribution >= 4 is 24.8 Å². The molecule has 23 heavy (non-hydrogen) atoms. The minimum Gasteiger partial charge on any atom is -0.507 e. The van der Waals surface area contributed by atoms with E-state index in [0.717, 1.165) is 44.6 Å². The van der Waals surface area contributed by atoms with Gasteiger partial charge >= 0.3 is 0 Å². The van der Waals surface area contributed by atoms with E-state index in [9.17, 15) is 5.11 Å². The van der Waals surface area contributed by atoms with Crippen LogP contribution in [0.15, 0.2) is 12.1 Å². The topological polar surface area (TPSA) is 54.0 Å². The van der Waals surface area contributed by atoms with Gasteiger partial charge in [0, 0.05) is 44.4 Å². The van der Waals surface area contributed by atoms with Gasteiger partial charge in [0.2, 0.25) is 0 Å². The summed E-state index contributed by atoms with van der Waals surface area (Å²) in [6.45, 7) is 6.11. The molecular weight excluding hydrogens is 339 g/mol. The van der Waals surface area contributed by atoms with E-state index in [1.807, 2.05) is 6.07 Å². The standard InChI is InChI=1S/C16H26N2O3.2ClH/c1-4-5-13(18-8-6-17-7-9-18)16-14(19)10-12(20-2)11-15(16)21-3;;/h10-11,13,17,19H,4-9H2,1-3H3;2*1H/t13-;;/m1../s1. The Labute approximate surface area is 151 Å². The van der Waals surface area contributed by atoms with Crippen molar-refractivity contribution in [1.82, 2.24) is 10.2 Å². The predicted octanol–water partition coefficient (Wildman–Crippen LogP) is 3.00. The van der Waals surface area contributed by atoms with Gasteiger partial charge in [-0.15, -0.1) is 24.8 Å². The van der Waals surface area contributed by atoms with E-state index in [-0.39, 0.29) is 36.6 Å². The molecule has 0 aromatic heterocycles. The summed E-state index contributed by atoms with van der Waals surface area (Å²) in [6, 6.07) is 3.70. The second-order valence-corrected chi connectivity index (χ2v) is 5.35. The van der Waals surface area contributed by atoms with Crippen molar-refractivity contribution in [2.24, 2.45) is 0 Å². The number of hydrogen-bond acceptors (Lipinski definition) is 5. The maximum atomic E-state index is 10.5. The second-order valence-electron chi connectivity index (χ2n) is 5.35. The third kappa shape index (κ3) is 5.31. The van der Waals surface area contributed by atoms with Crippen LogP contribution in [0.25, 0.3) is 0 Å². The molecule has 2 N–H and O–H groups in total. The Balaban J connectivity index is 0.00000242. The lowest BCUT2D eigenvalue weighted by atomic mass is 9.97. The second kappa shape index (κ2) is 10.8. The number of nitrogens with zero attached hydrogens (tertiary/aromatic N) is 1. The third-order valence-electron chi connectivity index (χ3n) is 4.04. The molecule has 1 aromatic carbocycles. The first-order chi connectivity index (χ1) is 10.2. The van der Waals surface area contributed by atoms with Gasteiger partial charge in [0.15, 0.2) is 0 Å². The van der Waals surface area contributed by atoms with E-state index in [1.165, 1.54) is 0 Å². The summed E-state index contributed by atoms with van der Waals surface area (Å²) in [4.78, 5) is 2.42. The molecular formula is C16H28Cl2N2O3. The number of benzene rings is 1. The van der Waals surface area contributed by atoms with Crippen LogP contribution < -0.4 is 14.8 Å². The number of rotatable bonds is 6. The Kier molecular flexibility index (Phi) is 10.4. The molecule has 7 heteroatoms. The average molecular weight is 367 g/mol. The number of piperazine rings is 1. The number of aromatic hydroxyl groups is 1. The first-order valence-electron chi connectivity index (χ1n) is 7.60. The zero-order valence-corrected chi connectivity index (χ0v) is 15.6. The van der Waals surface area contributed by atoms with E-state index < -0.39 is 0 Å². The Morgan fingerprint density at radius 2 is 1.83 bits per heavy atom. The van der Waals surface area contributed by atoms with Gasteiger partial charge in [-0.3, -0.25) is 4.90 Å². The minimum atomic E-state index is 0. The summed E-state index contributed by atoms with van der Waals surface area (Å²) in [6.07, 6.45) is 2.06. The van der Waals surface area contributed by atoms with E-state index >= 15 is 0 Å². The molecule has 1 aliphatic heterocycles. The van der Waals surface area contributed by atoms with Crippen LogP contribution in [0.3, 0.4) is 0 Å². The molecule has 134 valence electrons. The Hall–Kier alpha value is -0.880. The lowest BCUT2D eigenvalue weighted by Crippen LogP contribution is -2.45. The number of nitrogens with one attached hydrogen (secondary N) is 1. The van der Waals surface area contributed by atoms with Crippen LogP contribution in [0, 0.1) is 0 Å². The fourth-order valence-corrected chi connectivity index (χ4v) is 2.99. The lowest BCUT2D eigenvalue weighted by molar-refractivity contribution is 0.159. The molecule has 0 radical (unpaired) electrons. The highest BCUT2D eigenvalue weighted by molar-refractivity contribution is 5.85. The number of ether oxygens (including phenoxy) is 2. The molecule has 1 saturated heterocycles. The number of methoxy groups -OCH3 is 2. The minimum absolute atomic E-state index is 0. The first kappa shape index (κ1) is 22.1. The van der Waals surface area contributed by atoms with Crippen molar-refractivity contribution in [2.45, 2.75) is 25.8 Å². The average Bonchev–Trinajstić information content (AvgIpc) is 2.53. The molecule has 0 saturated carbocycles. The van der Waals surface area contributed by atoms with Crippen LogP contribution in [0.1, 0.15) is 31.4 Å². The summed E-state index contributed by atoms with van der Waals surface area (Å²) in [5, 5.41) is 13.8. The van der Waals surface area contributed by atoms with Crippen molar-refractivity contribution in [3.8, 4) is 17.2 Å². The van der Waals surface area contributed by atoms with Crippen LogP contribution in [0.4, 0.5) is 0 Å². The van der Waals surface area contributed by atoms with Gasteiger partial charge in [-0.25, -0.2) is 0 Å². The normalized spacial score (nSPS) is 16.0. The molecule has 1 atom stereocenters. The van der Waals surface area contributed by atoms with Gasteiger partial charge < -0.3 is 19.9 Å². The summed E-state index contributed by atoms with van der Waals surface area (Å²) >= 11 is 0. The van der Waals surface area contributed by atoms with Gasteiger partial charge in [-0.2, -0.15) is 0 Å². The highest BCUT2D eigenvalue weighted by Crippen LogP contribution is 2.41. The number of halogens is 2. The van der Waals surface area contributed by atoms with E-state index in [1.54, 1.807) is 20.3 Å². The SMILES string of the molecule is CCC[C@H](c1c(O)cc(OC)cc1OC)N1CCNCC1.Cl.Cl. The lowest BCUT2D eigenvalue weighted by Gasteiger charge is -2.36. The molecule has 1 aliphatic rings. The fourth-order valence-electron chi connectivity index (χ4n) is 2.99. The van der Waals surface area contributed by atoms with Crippen LogP contribution in [0.5, 0.6) is 17.2 Å². The number of phenols is 1. The maximum absolute atomic E-state index is 10.5. The zero-order chi connectivity index (χ0) is 15.2. The Morgan fingerprint density at radius 3 is 2.35 bits per heavy atom. The van der Waals surface area contributed by atoms with Crippen molar-refractivity contribution in [3.05, 3.63) is 17.7 Å². The van der Waals surface area contributed by atoms with Gasteiger partial charge in [0.1, 0.15) is 17.2 Å². The number of hydrogen-bond donors (Lipinski definition) is 2. The molecule has 0 aliphatic carbocycles. The van der Waals surface area contributed by atoms with Crippen molar-refractivity contribution in [2.75, 3.05) is 40.4 Å². The Morgan fingerprint density at radius 1 is 1.17 bits per heavy atom. The third-order valence-corrected chi connectivity index (χ3v) is 4.04. The Bertz CT molecular complexity index is 469.